The van der Waals surface area contributed by atoms with E-state index in [0.29, 0.717) is 22.6 Å². The van der Waals surface area contributed by atoms with E-state index in [1.807, 2.05) is 0 Å². The molecule has 3 aromatic heterocycles. The van der Waals surface area contributed by atoms with Crippen LogP contribution in [0.1, 0.15) is 0 Å². The lowest BCUT2D eigenvalue weighted by Crippen LogP contribution is -2.07. The van der Waals surface area contributed by atoms with Gasteiger partial charge in [0.1, 0.15) is 17.8 Å². The van der Waals surface area contributed by atoms with Gasteiger partial charge in [-0.1, -0.05) is 12.6 Å². The van der Waals surface area contributed by atoms with Gasteiger partial charge in [0.05, 0.1) is 11.9 Å². The van der Waals surface area contributed by atoms with E-state index >= 15 is 0 Å². The predicted octanol–water partition coefficient (Wildman–Crippen LogP) is 3.85. The number of rotatable bonds is 8. The molecule has 0 radical (unpaired) electrons. The van der Waals surface area contributed by atoms with Crippen molar-refractivity contribution in [1.82, 2.24) is 24.4 Å². The van der Waals surface area contributed by atoms with Crippen molar-refractivity contribution in [2.45, 2.75) is 13.0 Å². The largest absolute Gasteiger partial charge is 0.437 e. The maximum Gasteiger partial charge on any atom is 0.257 e. The molecule has 1 aromatic carbocycles. The highest BCUT2D eigenvalue weighted by atomic mass is 19.3. The Labute approximate surface area is 175 Å². The third-order valence-electron chi connectivity index (χ3n) is 4.07. The number of nitrogens with zero attached hydrogens (tertiary/aromatic N) is 5. The molecule has 0 aliphatic carbocycles. The molecular weight excluding hydrogens is 408 g/mol. The van der Waals surface area contributed by atoms with Gasteiger partial charge < -0.3 is 15.4 Å². The van der Waals surface area contributed by atoms with Crippen molar-refractivity contribution in [1.29, 1.82) is 0 Å². The van der Waals surface area contributed by atoms with Crippen LogP contribution in [-0.4, -0.2) is 36.7 Å². The standard InChI is InChI=1S/C20H17F2N7O2/c1-2-18(30)24-13-5-3-6-15(9-13)31-19-16-7-4-8-29(16)27-20(26-19)25-14-10-23-28(11-14)12-17(21)22/h2-11,17H,1,12H2,(H,24,30)(H,25,27). The molecule has 0 bridgehead atoms. The monoisotopic (exact) mass is 425 g/mol. The fourth-order valence-corrected chi connectivity index (χ4v) is 2.78. The van der Waals surface area contributed by atoms with Crippen LogP contribution in [-0.2, 0) is 11.3 Å². The van der Waals surface area contributed by atoms with Gasteiger partial charge in [-0.2, -0.15) is 10.1 Å². The number of anilines is 3. The minimum Gasteiger partial charge on any atom is -0.437 e. The first kappa shape index (κ1) is 20.0. The second kappa shape index (κ2) is 8.61. The Morgan fingerprint density at radius 2 is 2.13 bits per heavy atom. The van der Waals surface area contributed by atoms with Gasteiger partial charge in [0.15, 0.2) is 0 Å². The molecular formula is C20H17F2N7O2. The summed E-state index contributed by atoms with van der Waals surface area (Å²) in [4.78, 5) is 15.9. The molecule has 11 heteroatoms. The summed E-state index contributed by atoms with van der Waals surface area (Å²) in [5.74, 6) is 0.549. The second-order valence-electron chi connectivity index (χ2n) is 6.37. The third-order valence-corrected chi connectivity index (χ3v) is 4.07. The second-order valence-corrected chi connectivity index (χ2v) is 6.37. The van der Waals surface area contributed by atoms with E-state index in [0.717, 1.165) is 4.68 Å². The predicted molar refractivity (Wildman–Crippen MR) is 110 cm³/mol. The maximum absolute atomic E-state index is 12.5. The van der Waals surface area contributed by atoms with Gasteiger partial charge in [-0.3, -0.25) is 9.48 Å². The molecule has 158 valence electrons. The zero-order chi connectivity index (χ0) is 21.8. The van der Waals surface area contributed by atoms with Crippen LogP contribution >= 0.6 is 0 Å². The number of amides is 1. The molecule has 0 atom stereocenters. The summed E-state index contributed by atoms with van der Waals surface area (Å²) in [6.45, 7) is 2.91. The topological polar surface area (TPSA) is 98.4 Å². The van der Waals surface area contributed by atoms with E-state index in [9.17, 15) is 13.6 Å². The molecule has 0 fully saturated rings. The Bertz CT molecular complexity index is 1240. The number of fused-ring (bicyclic) bond motifs is 1. The minimum atomic E-state index is -2.51. The highest BCUT2D eigenvalue weighted by Gasteiger charge is 2.12. The molecule has 0 unspecified atom stereocenters. The molecule has 3 heterocycles. The first-order chi connectivity index (χ1) is 15.0. The number of carbonyl (C=O) groups is 1. The molecule has 0 saturated carbocycles. The number of hydrogen-bond acceptors (Lipinski definition) is 6. The minimum absolute atomic E-state index is 0.186. The van der Waals surface area contributed by atoms with Crippen molar-refractivity contribution >= 4 is 28.7 Å². The van der Waals surface area contributed by atoms with Crippen LogP contribution < -0.4 is 15.4 Å². The summed E-state index contributed by atoms with van der Waals surface area (Å²) in [7, 11) is 0. The Hall–Kier alpha value is -4.28. The number of halogens is 2. The highest BCUT2D eigenvalue weighted by molar-refractivity contribution is 5.98. The fraction of sp³-hybridized carbons (Fsp3) is 0.100. The average Bonchev–Trinajstić information content (AvgIpc) is 3.37. The first-order valence-electron chi connectivity index (χ1n) is 9.14. The van der Waals surface area contributed by atoms with Crippen LogP contribution in [0.25, 0.3) is 5.52 Å². The van der Waals surface area contributed by atoms with Crippen molar-refractivity contribution in [2.24, 2.45) is 0 Å². The zero-order valence-electron chi connectivity index (χ0n) is 16.1. The first-order valence-corrected chi connectivity index (χ1v) is 9.14. The van der Waals surface area contributed by atoms with E-state index in [1.165, 1.54) is 18.5 Å². The van der Waals surface area contributed by atoms with Gasteiger partial charge in [0, 0.05) is 24.1 Å². The van der Waals surface area contributed by atoms with Crippen molar-refractivity contribution in [3.63, 3.8) is 0 Å². The van der Waals surface area contributed by atoms with Gasteiger partial charge in [-0.05, 0) is 30.3 Å². The van der Waals surface area contributed by atoms with Crippen LogP contribution in [0.3, 0.4) is 0 Å². The van der Waals surface area contributed by atoms with Crippen molar-refractivity contribution < 1.29 is 18.3 Å². The van der Waals surface area contributed by atoms with Crippen molar-refractivity contribution in [3.8, 4) is 11.6 Å². The number of ether oxygens (including phenoxy) is 1. The van der Waals surface area contributed by atoms with Gasteiger partial charge >= 0.3 is 0 Å². The summed E-state index contributed by atoms with van der Waals surface area (Å²) >= 11 is 0. The molecule has 0 aliphatic rings. The zero-order valence-corrected chi connectivity index (χ0v) is 16.1. The SMILES string of the molecule is C=CC(=O)Nc1cccc(Oc2nc(Nc3cnn(CC(F)F)c3)nn3cccc23)c1. The quantitative estimate of drug-likeness (QED) is 0.416. The van der Waals surface area contributed by atoms with Crippen LogP contribution in [0.4, 0.5) is 26.1 Å². The van der Waals surface area contributed by atoms with Crippen LogP contribution in [0, 0.1) is 0 Å². The number of nitrogens with one attached hydrogen (secondary N) is 2. The molecule has 2 N–H and O–H groups in total. The van der Waals surface area contributed by atoms with Crippen molar-refractivity contribution in [3.05, 3.63) is 67.6 Å². The van der Waals surface area contributed by atoms with Gasteiger partial charge in [-0.15, -0.1) is 5.10 Å². The van der Waals surface area contributed by atoms with E-state index in [4.69, 9.17) is 4.74 Å². The van der Waals surface area contributed by atoms with Gasteiger partial charge in [0.2, 0.25) is 17.7 Å². The van der Waals surface area contributed by atoms with Crippen LogP contribution in [0.5, 0.6) is 11.6 Å². The number of aromatic nitrogens is 5. The van der Waals surface area contributed by atoms with E-state index in [2.05, 4.69) is 32.4 Å². The van der Waals surface area contributed by atoms with Crippen LogP contribution in [0.2, 0.25) is 0 Å². The lowest BCUT2D eigenvalue weighted by atomic mass is 10.3. The molecule has 1 amide bonds. The van der Waals surface area contributed by atoms with Gasteiger partial charge in [-0.25, -0.2) is 13.3 Å². The van der Waals surface area contributed by atoms with Crippen LogP contribution in [0.15, 0.2) is 67.6 Å². The lowest BCUT2D eigenvalue weighted by molar-refractivity contribution is -0.111. The smallest absolute Gasteiger partial charge is 0.257 e. The number of hydrogen-bond donors (Lipinski definition) is 2. The number of carbonyl (C=O) groups excluding carboxylic acids is 1. The maximum atomic E-state index is 12.5. The summed E-state index contributed by atoms with van der Waals surface area (Å²) < 4.78 is 33.7. The molecule has 4 rings (SSSR count). The molecule has 4 aromatic rings. The average molecular weight is 425 g/mol. The highest BCUT2D eigenvalue weighted by Crippen LogP contribution is 2.27. The molecule has 31 heavy (non-hydrogen) atoms. The lowest BCUT2D eigenvalue weighted by Gasteiger charge is -2.10. The number of benzene rings is 1. The van der Waals surface area contributed by atoms with E-state index in [1.54, 1.807) is 47.1 Å². The van der Waals surface area contributed by atoms with E-state index < -0.39 is 13.0 Å². The summed E-state index contributed by atoms with van der Waals surface area (Å²) in [6.07, 6.45) is 3.21. The third kappa shape index (κ3) is 4.83. The summed E-state index contributed by atoms with van der Waals surface area (Å²) in [5.41, 5.74) is 1.60. The Kier molecular flexibility index (Phi) is 5.56. The molecule has 0 spiro atoms. The molecule has 0 saturated heterocycles. The van der Waals surface area contributed by atoms with E-state index in [-0.39, 0.29) is 17.7 Å². The normalized spacial score (nSPS) is 10.9. The van der Waals surface area contributed by atoms with Crippen molar-refractivity contribution in [2.75, 3.05) is 10.6 Å². The Morgan fingerprint density at radius 3 is 2.94 bits per heavy atom. The number of alkyl halides is 2. The summed E-state index contributed by atoms with van der Waals surface area (Å²) in [5, 5.41) is 13.8. The summed E-state index contributed by atoms with van der Waals surface area (Å²) in [6, 6.07) is 10.4. The fourth-order valence-electron chi connectivity index (χ4n) is 2.78. The molecule has 0 aliphatic heterocycles. The Balaban J connectivity index is 1.59. The van der Waals surface area contributed by atoms with Gasteiger partial charge in [0.25, 0.3) is 6.43 Å². The molecule has 9 nitrogen and oxygen atoms in total. The Morgan fingerprint density at radius 1 is 1.26 bits per heavy atom.